The van der Waals surface area contributed by atoms with Gasteiger partial charge in [-0.15, -0.1) is 0 Å². The maximum atomic E-state index is 12.4. The van der Waals surface area contributed by atoms with E-state index in [1.807, 2.05) is 0 Å². The van der Waals surface area contributed by atoms with Crippen LogP contribution in [0.1, 0.15) is 19.5 Å². The van der Waals surface area contributed by atoms with Crippen molar-refractivity contribution in [3.8, 4) is 0 Å². The van der Waals surface area contributed by atoms with Gasteiger partial charge in [0.05, 0.1) is 4.32 Å². The molecule has 94 valence electrons. The van der Waals surface area contributed by atoms with Crippen LogP contribution in [0.4, 0.5) is 19.0 Å². The van der Waals surface area contributed by atoms with E-state index < -0.39 is 22.1 Å². The largest absolute Gasteiger partial charge is 0.433 e. The molecule has 0 aliphatic heterocycles. The lowest BCUT2D eigenvalue weighted by Crippen LogP contribution is -2.31. The average molecular weight is 311 g/mol. The number of hydrogen-bond acceptors (Lipinski definition) is 2. The zero-order valence-electron chi connectivity index (χ0n) is 9.10. The molecule has 0 radical (unpaired) electrons. The van der Waals surface area contributed by atoms with Gasteiger partial charge < -0.3 is 5.32 Å². The average Bonchev–Trinajstić information content (AvgIpc) is 2.15. The molecule has 0 saturated carbocycles. The summed E-state index contributed by atoms with van der Waals surface area (Å²) in [6, 6.07) is 3.33. The molecule has 0 aliphatic carbocycles. The van der Waals surface area contributed by atoms with Crippen molar-refractivity contribution in [2.75, 3.05) is 5.32 Å². The Morgan fingerprint density at radius 1 is 1.35 bits per heavy atom. The Labute approximate surface area is 105 Å². The summed E-state index contributed by atoms with van der Waals surface area (Å²) in [5, 5.41) is 2.30. The minimum Gasteiger partial charge on any atom is -0.309 e. The fourth-order valence-corrected chi connectivity index (χ4v) is 1.03. The van der Waals surface area contributed by atoms with E-state index in [2.05, 4.69) is 26.2 Å². The number of rotatable bonds is 2. The lowest BCUT2D eigenvalue weighted by Gasteiger charge is -2.15. The van der Waals surface area contributed by atoms with Gasteiger partial charge >= 0.3 is 6.18 Å². The highest BCUT2D eigenvalue weighted by molar-refractivity contribution is 9.10. The molecule has 0 aromatic carbocycles. The van der Waals surface area contributed by atoms with Gasteiger partial charge in [-0.05, 0) is 26.0 Å². The van der Waals surface area contributed by atoms with E-state index in [0.717, 1.165) is 6.07 Å². The van der Waals surface area contributed by atoms with E-state index in [1.54, 1.807) is 13.8 Å². The van der Waals surface area contributed by atoms with Crippen molar-refractivity contribution in [3.63, 3.8) is 0 Å². The minimum absolute atomic E-state index is 0.127. The van der Waals surface area contributed by atoms with Crippen LogP contribution in [0, 0.1) is 0 Å². The number of carbonyl (C=O) groups excluding carboxylic acids is 1. The summed E-state index contributed by atoms with van der Waals surface area (Å²) in [5.74, 6) is -0.596. The second-order valence-corrected chi connectivity index (χ2v) is 5.81. The van der Waals surface area contributed by atoms with Crippen molar-refractivity contribution in [1.29, 1.82) is 0 Å². The Morgan fingerprint density at radius 3 is 2.41 bits per heavy atom. The number of anilines is 1. The first kappa shape index (κ1) is 14.0. The quantitative estimate of drug-likeness (QED) is 0.852. The molecule has 0 aliphatic rings. The van der Waals surface area contributed by atoms with E-state index in [1.165, 1.54) is 12.1 Å². The Morgan fingerprint density at radius 2 is 1.94 bits per heavy atom. The predicted octanol–water partition coefficient (Wildman–Crippen LogP) is 3.21. The molecule has 0 atom stereocenters. The molecule has 1 aromatic rings. The first-order valence-corrected chi connectivity index (χ1v) is 5.44. The maximum absolute atomic E-state index is 12.4. The lowest BCUT2D eigenvalue weighted by molar-refractivity contribution is -0.141. The molecule has 0 fully saturated rings. The molecule has 17 heavy (non-hydrogen) atoms. The molecule has 1 N–H and O–H groups in total. The number of nitrogens with zero attached hydrogens (tertiary/aromatic N) is 1. The molecule has 1 heterocycles. The first-order chi connectivity index (χ1) is 7.60. The standard InChI is InChI=1S/C10H10BrF3N2O/c1-9(2,11)8(17)16-7-5-3-4-6(15-7)10(12,13)14/h3-5H,1-2H3,(H,15,16,17). The number of pyridine rings is 1. The molecule has 0 bridgehead atoms. The highest BCUT2D eigenvalue weighted by Crippen LogP contribution is 2.28. The summed E-state index contributed by atoms with van der Waals surface area (Å²) in [7, 11) is 0. The van der Waals surface area contributed by atoms with Crippen LogP contribution in [0.3, 0.4) is 0 Å². The van der Waals surface area contributed by atoms with Gasteiger partial charge in [-0.3, -0.25) is 4.79 Å². The van der Waals surface area contributed by atoms with Gasteiger partial charge in [-0.1, -0.05) is 22.0 Å². The number of alkyl halides is 4. The topological polar surface area (TPSA) is 42.0 Å². The molecule has 0 saturated heterocycles. The van der Waals surface area contributed by atoms with Gasteiger partial charge in [0.2, 0.25) is 5.91 Å². The molecular weight excluding hydrogens is 301 g/mol. The summed E-state index contributed by atoms with van der Waals surface area (Å²) < 4.78 is 36.2. The maximum Gasteiger partial charge on any atom is 0.433 e. The second-order valence-electron chi connectivity index (χ2n) is 3.83. The smallest absolute Gasteiger partial charge is 0.309 e. The monoisotopic (exact) mass is 310 g/mol. The highest BCUT2D eigenvalue weighted by Gasteiger charge is 2.33. The first-order valence-electron chi connectivity index (χ1n) is 4.65. The van der Waals surface area contributed by atoms with Crippen LogP contribution in [0.2, 0.25) is 0 Å². The van der Waals surface area contributed by atoms with E-state index in [-0.39, 0.29) is 5.82 Å². The predicted molar refractivity (Wildman–Crippen MR) is 60.9 cm³/mol. The number of amides is 1. The zero-order valence-corrected chi connectivity index (χ0v) is 10.7. The minimum atomic E-state index is -4.52. The summed E-state index contributed by atoms with van der Waals surface area (Å²) in [6.07, 6.45) is -4.52. The lowest BCUT2D eigenvalue weighted by atomic mass is 10.2. The number of halogens is 4. The Kier molecular flexibility index (Phi) is 3.81. The summed E-state index contributed by atoms with van der Waals surface area (Å²) in [6.45, 7) is 3.16. The molecule has 1 rings (SSSR count). The third kappa shape index (κ3) is 3.99. The van der Waals surface area contributed by atoms with Crippen molar-refractivity contribution in [1.82, 2.24) is 4.98 Å². The van der Waals surface area contributed by atoms with E-state index >= 15 is 0 Å². The Balaban J connectivity index is 2.91. The molecule has 0 unspecified atom stereocenters. The SMILES string of the molecule is CC(C)(Br)C(=O)Nc1cccc(C(F)(F)F)n1. The summed E-state index contributed by atoms with van der Waals surface area (Å²) in [4.78, 5) is 14.8. The van der Waals surface area contributed by atoms with Crippen LogP contribution in [-0.4, -0.2) is 15.2 Å². The number of nitrogens with one attached hydrogen (secondary N) is 1. The van der Waals surface area contributed by atoms with Gasteiger partial charge in [0.15, 0.2) is 0 Å². The van der Waals surface area contributed by atoms with Crippen LogP contribution in [0.25, 0.3) is 0 Å². The Bertz CT molecular complexity index is 426. The van der Waals surface area contributed by atoms with Gasteiger partial charge in [-0.25, -0.2) is 4.98 Å². The molecular formula is C10H10BrF3N2O. The van der Waals surface area contributed by atoms with Crippen molar-refractivity contribution in [3.05, 3.63) is 23.9 Å². The zero-order chi connectivity index (χ0) is 13.3. The third-order valence-electron chi connectivity index (χ3n) is 1.82. The van der Waals surface area contributed by atoms with Gasteiger partial charge in [0.25, 0.3) is 0 Å². The van der Waals surface area contributed by atoms with E-state index in [4.69, 9.17) is 0 Å². The van der Waals surface area contributed by atoms with Crippen LogP contribution in [-0.2, 0) is 11.0 Å². The van der Waals surface area contributed by atoms with Crippen molar-refractivity contribution < 1.29 is 18.0 Å². The van der Waals surface area contributed by atoms with E-state index in [9.17, 15) is 18.0 Å². The molecule has 7 heteroatoms. The molecule has 1 aromatic heterocycles. The normalized spacial score (nSPS) is 12.4. The third-order valence-corrected chi connectivity index (χ3v) is 2.18. The number of hydrogen-bond donors (Lipinski definition) is 1. The number of carbonyl (C=O) groups is 1. The molecule has 3 nitrogen and oxygen atoms in total. The van der Waals surface area contributed by atoms with Crippen LogP contribution in [0.15, 0.2) is 18.2 Å². The van der Waals surface area contributed by atoms with Crippen molar-refractivity contribution >= 4 is 27.7 Å². The van der Waals surface area contributed by atoms with Crippen LogP contribution >= 0.6 is 15.9 Å². The van der Waals surface area contributed by atoms with Crippen LogP contribution < -0.4 is 5.32 Å². The molecule has 0 spiro atoms. The summed E-state index contributed by atoms with van der Waals surface area (Å²) >= 11 is 3.10. The number of aromatic nitrogens is 1. The molecule has 1 amide bonds. The fourth-order valence-electron chi connectivity index (χ4n) is 0.927. The van der Waals surface area contributed by atoms with Gasteiger partial charge in [0.1, 0.15) is 11.5 Å². The van der Waals surface area contributed by atoms with Crippen molar-refractivity contribution in [2.45, 2.75) is 24.3 Å². The second kappa shape index (κ2) is 4.64. The van der Waals surface area contributed by atoms with Crippen LogP contribution in [0.5, 0.6) is 0 Å². The van der Waals surface area contributed by atoms with E-state index in [0.29, 0.717) is 0 Å². The summed E-state index contributed by atoms with van der Waals surface area (Å²) in [5.41, 5.74) is -1.04. The Hall–Kier alpha value is -1.11. The fraction of sp³-hybridized carbons (Fsp3) is 0.400. The van der Waals surface area contributed by atoms with Gasteiger partial charge in [0, 0.05) is 0 Å². The van der Waals surface area contributed by atoms with Crippen molar-refractivity contribution in [2.24, 2.45) is 0 Å². The highest BCUT2D eigenvalue weighted by atomic mass is 79.9. The van der Waals surface area contributed by atoms with Gasteiger partial charge in [-0.2, -0.15) is 13.2 Å².